The van der Waals surface area contributed by atoms with Crippen molar-refractivity contribution >= 4 is 40.8 Å². The molecule has 1 aromatic rings. The molecule has 1 aromatic carbocycles. The Hall–Kier alpha value is -5.62. The van der Waals surface area contributed by atoms with Crippen LogP contribution >= 0.6 is 0 Å². The summed E-state index contributed by atoms with van der Waals surface area (Å²) in [4.78, 5) is 77.3. The number of carbonyl (C=O) groups is 6. The molecule has 0 saturated carbocycles. The van der Waals surface area contributed by atoms with Crippen molar-refractivity contribution < 1.29 is 88.9 Å². The number of hydrogen-bond acceptors (Lipinski definition) is 19. The fourth-order valence-electron chi connectivity index (χ4n) is 9.37. The first-order chi connectivity index (χ1) is 37.4. The second-order valence-electron chi connectivity index (χ2n) is 20.9. The van der Waals surface area contributed by atoms with Crippen LogP contribution in [0.5, 0.6) is 0 Å². The summed E-state index contributed by atoms with van der Waals surface area (Å²) in [5.41, 5.74) is 12.7. The highest BCUT2D eigenvalue weighted by molar-refractivity contribution is 5.97. The van der Waals surface area contributed by atoms with Gasteiger partial charge in [0.2, 0.25) is 0 Å². The molecule has 0 aromatic heterocycles. The number of anilines is 1. The topological polar surface area (TPSA) is 364 Å². The summed E-state index contributed by atoms with van der Waals surface area (Å²) in [6, 6.07) is 5.24. The minimum Gasteiger partial charge on any atom is -0.481 e. The lowest BCUT2D eigenvalue weighted by Crippen LogP contribution is -2.61. The van der Waals surface area contributed by atoms with Gasteiger partial charge in [0.15, 0.2) is 12.1 Å². The zero-order chi connectivity index (χ0) is 58.8. The smallest absolute Gasteiger partial charge is 0.313 e. The largest absolute Gasteiger partial charge is 0.481 e. The first kappa shape index (κ1) is 67.7. The Balaban J connectivity index is 1.83. The van der Waals surface area contributed by atoms with Crippen molar-refractivity contribution in [3.05, 3.63) is 115 Å². The maximum absolute atomic E-state index is 13.3. The number of allylic oxidation sites excluding steroid dienone is 12. The van der Waals surface area contributed by atoms with Gasteiger partial charge in [-0.3, -0.25) is 28.8 Å². The zero-order valence-corrected chi connectivity index (χ0v) is 45.5. The number of aliphatic hydroxyl groups excluding tert-OH is 8. The highest BCUT2D eigenvalue weighted by atomic mass is 16.7. The number of carboxylic acid groups (broad SMARTS) is 1. The average Bonchev–Trinajstić information content (AvgIpc) is 3.36. The average molecular weight is 1110 g/mol. The summed E-state index contributed by atoms with van der Waals surface area (Å²) >= 11 is 0. The van der Waals surface area contributed by atoms with Crippen LogP contribution in [0.1, 0.15) is 115 Å². The van der Waals surface area contributed by atoms with Crippen LogP contribution in [0.4, 0.5) is 5.69 Å². The van der Waals surface area contributed by atoms with Gasteiger partial charge >= 0.3 is 11.9 Å². The minimum atomic E-state index is -1.95. The molecule has 79 heavy (non-hydrogen) atoms. The number of aliphatic hydroxyl groups is 8. The lowest BCUT2D eigenvalue weighted by atomic mass is 9.83. The predicted molar refractivity (Wildman–Crippen MR) is 293 cm³/mol. The Kier molecular flexibility index (Phi) is 30.1. The lowest BCUT2D eigenvalue weighted by Gasteiger charge is -2.41. The summed E-state index contributed by atoms with van der Waals surface area (Å²) in [5.74, 6) is -7.43. The number of carbonyl (C=O) groups excluding carboxylic acids is 5. The third-order valence-electron chi connectivity index (χ3n) is 13.8. The molecule has 0 spiro atoms. The summed E-state index contributed by atoms with van der Waals surface area (Å²) < 4.78 is 17.5. The van der Waals surface area contributed by atoms with Gasteiger partial charge in [0, 0.05) is 62.1 Å². The summed E-state index contributed by atoms with van der Waals surface area (Å²) in [5, 5.41) is 96.0. The first-order valence-electron chi connectivity index (χ1n) is 26.9. The number of carboxylic acids is 1. The van der Waals surface area contributed by atoms with Crippen molar-refractivity contribution in [3.8, 4) is 0 Å². The Bertz CT molecular complexity index is 2310. The number of cyclic esters (lactones) is 1. The number of aliphatic carboxylic acids is 1. The number of rotatable bonds is 10. The van der Waals surface area contributed by atoms with E-state index >= 15 is 0 Å². The van der Waals surface area contributed by atoms with Gasteiger partial charge in [-0.15, -0.1) is 0 Å². The van der Waals surface area contributed by atoms with Gasteiger partial charge in [-0.05, 0) is 68.7 Å². The molecule has 0 bridgehead atoms. The minimum absolute atomic E-state index is 0.0615. The van der Waals surface area contributed by atoms with E-state index in [2.05, 4.69) is 0 Å². The van der Waals surface area contributed by atoms with Gasteiger partial charge in [0.25, 0.3) is 0 Å². The van der Waals surface area contributed by atoms with Crippen LogP contribution in [-0.2, 0) is 38.2 Å². The quantitative estimate of drug-likeness (QED) is 0.0690. The summed E-state index contributed by atoms with van der Waals surface area (Å²) in [6.45, 7) is 7.02. The third kappa shape index (κ3) is 25.2. The number of Topliss-reactive ketones (excluding diaryl/α,β-unsaturated/α-hetero) is 4. The molecule has 1 saturated heterocycles. The van der Waals surface area contributed by atoms with Crippen LogP contribution in [0.3, 0.4) is 0 Å². The van der Waals surface area contributed by atoms with Gasteiger partial charge in [-0.25, -0.2) is 0 Å². The molecule has 20 nitrogen and oxygen atoms in total. The number of nitrogen functional groups attached to an aromatic ring is 1. The molecule has 0 aliphatic carbocycles. The molecule has 0 radical (unpaired) electrons. The van der Waals surface area contributed by atoms with Crippen molar-refractivity contribution in [3.63, 3.8) is 0 Å². The van der Waals surface area contributed by atoms with Crippen molar-refractivity contribution in [2.75, 3.05) is 5.73 Å². The number of nitrogens with two attached hydrogens (primary N) is 2. The normalized spacial score (nSPS) is 34.7. The van der Waals surface area contributed by atoms with E-state index in [9.17, 15) is 74.7 Å². The third-order valence-corrected chi connectivity index (χ3v) is 13.8. The van der Waals surface area contributed by atoms with E-state index < -0.39 is 153 Å². The van der Waals surface area contributed by atoms with E-state index in [0.717, 1.165) is 0 Å². The van der Waals surface area contributed by atoms with Crippen molar-refractivity contribution in [1.29, 1.82) is 0 Å². The van der Waals surface area contributed by atoms with Crippen molar-refractivity contribution in [2.45, 2.75) is 184 Å². The van der Waals surface area contributed by atoms with E-state index in [0.29, 0.717) is 17.7 Å². The molecule has 13 N–H and O–H groups in total. The van der Waals surface area contributed by atoms with Crippen LogP contribution in [0, 0.1) is 23.7 Å². The maximum atomic E-state index is 13.3. The van der Waals surface area contributed by atoms with E-state index in [1.54, 1.807) is 98.0 Å². The predicted octanol–water partition coefficient (Wildman–Crippen LogP) is 3.61. The molecular formula is C59H84N2O18. The molecule has 20 heteroatoms. The molecule has 1 fully saturated rings. The highest BCUT2D eigenvalue weighted by Crippen LogP contribution is 2.29. The van der Waals surface area contributed by atoms with Crippen LogP contribution < -0.4 is 11.5 Å². The van der Waals surface area contributed by atoms with Crippen molar-refractivity contribution in [1.82, 2.24) is 0 Å². The molecule has 13 unspecified atom stereocenters. The molecule has 0 amide bonds. The van der Waals surface area contributed by atoms with Crippen molar-refractivity contribution in [2.24, 2.45) is 29.4 Å². The Morgan fingerprint density at radius 1 is 0.684 bits per heavy atom. The molecule has 2 aliphatic rings. The molecule has 2 aliphatic heterocycles. The molecule has 3 rings (SSSR count). The standard InChI is InChI=1S/C59H84N2O18/c1-35-18-15-13-11-9-7-5-6-8-10-12-14-16-21-47(78-59-56(74)54(61)55(73)38(4)77-59)33-51(71)53(58(75)76)50(70)31-46(67)30-45(66)29-44(65)28-43(64)27-41(62)19-17-20-42(63)32-52(72)79-57(35)37(3)26-36(2)48(68)34-49(69)39-22-24-40(60)25-23-39/h5-16,18,21-25,35-38,43-45,47-48,50-51,53-57,59,64-66,68,70-71,73-74H,17,19-20,26-34,60-61H2,1-4H3,(H,75,76)/b6-5+,9-7+,10-8+,13-11+,14-12+,18-15-,21-16+/t35?,36?,37?,38-,43?,44?,45?,47?,48?,50?,51?,53?,54+,55-,56+,57?,59?/m1/s1. The fourth-order valence-corrected chi connectivity index (χ4v) is 9.37. The molecule has 17 atom stereocenters. The van der Waals surface area contributed by atoms with E-state index in [4.69, 9.17) is 25.7 Å². The summed E-state index contributed by atoms with van der Waals surface area (Å²) in [6.07, 6.45) is 4.21. The molecular weight excluding hydrogens is 1020 g/mol. The molecule has 438 valence electrons. The van der Waals surface area contributed by atoms with Crippen LogP contribution in [-0.4, -0.2) is 161 Å². The lowest BCUT2D eigenvalue weighted by molar-refractivity contribution is -0.277. The Morgan fingerprint density at radius 3 is 1.78 bits per heavy atom. The number of ether oxygens (including phenoxy) is 3. The number of hydrogen-bond donors (Lipinski definition) is 11. The second-order valence-corrected chi connectivity index (χ2v) is 20.9. The Labute approximate surface area is 462 Å². The Morgan fingerprint density at radius 2 is 1.22 bits per heavy atom. The summed E-state index contributed by atoms with van der Waals surface area (Å²) in [7, 11) is 0. The zero-order valence-electron chi connectivity index (χ0n) is 45.5. The van der Waals surface area contributed by atoms with E-state index in [1.165, 1.54) is 19.1 Å². The second kappa shape index (κ2) is 35.2. The first-order valence-corrected chi connectivity index (χ1v) is 26.9. The monoisotopic (exact) mass is 1110 g/mol. The maximum Gasteiger partial charge on any atom is 0.313 e. The van der Waals surface area contributed by atoms with Gasteiger partial charge in [-0.2, -0.15) is 0 Å². The number of esters is 1. The van der Waals surface area contributed by atoms with Crippen LogP contribution in [0.15, 0.2) is 109 Å². The van der Waals surface area contributed by atoms with Crippen LogP contribution in [0.25, 0.3) is 0 Å². The van der Waals surface area contributed by atoms with Gasteiger partial charge in [-0.1, -0.05) is 106 Å². The van der Waals surface area contributed by atoms with E-state index in [1.807, 2.05) is 19.9 Å². The van der Waals surface area contributed by atoms with Gasteiger partial charge in [0.1, 0.15) is 41.9 Å². The number of benzene rings is 1. The van der Waals surface area contributed by atoms with Gasteiger partial charge in [0.05, 0.1) is 61.0 Å². The number of ketones is 4. The SMILES string of the molecule is CC1\C=C/C=C/C=C/C=C/C=C/C=C/C=C/C(OC2O[C@H](C)[C@@H](O)[C@H](N)[C@@H]2O)CC(O)C(C(=O)O)C(O)CC(=O)CC(O)CC(O)CC(O)CC(=O)CCCC(=O)CC(=O)OC1C(C)CC(C)C(O)CC(=O)c1ccc(N)cc1. The van der Waals surface area contributed by atoms with E-state index in [-0.39, 0.29) is 55.6 Å². The molecule has 2 heterocycles. The van der Waals surface area contributed by atoms with Gasteiger partial charge < -0.3 is 71.6 Å². The highest BCUT2D eigenvalue weighted by Gasteiger charge is 2.43. The van der Waals surface area contributed by atoms with Crippen LogP contribution in [0.2, 0.25) is 0 Å². The fraction of sp³-hybridized carbons (Fsp3) is 0.559.